The third kappa shape index (κ3) is 3.09. The van der Waals surface area contributed by atoms with Crippen molar-refractivity contribution in [1.82, 2.24) is 14.7 Å². The van der Waals surface area contributed by atoms with Gasteiger partial charge in [0.05, 0.1) is 17.4 Å². The van der Waals surface area contributed by atoms with Crippen LogP contribution in [0.1, 0.15) is 23.0 Å². The van der Waals surface area contributed by atoms with Gasteiger partial charge in [-0.2, -0.15) is 18.3 Å². The van der Waals surface area contributed by atoms with Gasteiger partial charge in [-0.25, -0.2) is 4.68 Å². The Morgan fingerprint density at radius 1 is 1.41 bits per heavy atom. The van der Waals surface area contributed by atoms with E-state index < -0.39 is 23.3 Å². The summed E-state index contributed by atoms with van der Waals surface area (Å²) in [6.45, 7) is 1.96. The van der Waals surface area contributed by atoms with E-state index >= 15 is 0 Å². The van der Waals surface area contributed by atoms with Crippen LogP contribution in [0.2, 0.25) is 5.02 Å². The van der Waals surface area contributed by atoms with Crippen LogP contribution in [-0.4, -0.2) is 34.2 Å². The predicted octanol–water partition coefficient (Wildman–Crippen LogP) is 3.64. The van der Waals surface area contributed by atoms with Crippen LogP contribution in [0.25, 0.3) is 5.69 Å². The summed E-state index contributed by atoms with van der Waals surface area (Å²) in [4.78, 5) is 13.3. The van der Waals surface area contributed by atoms with Crippen molar-refractivity contribution in [2.45, 2.75) is 13.1 Å². The van der Waals surface area contributed by atoms with Gasteiger partial charge in [0.15, 0.2) is 5.69 Å². The summed E-state index contributed by atoms with van der Waals surface area (Å²) in [5, 5.41) is 4.00. The number of nitrogens with zero attached hydrogens (tertiary/aromatic N) is 3. The lowest BCUT2D eigenvalue weighted by atomic mass is 10.2. The van der Waals surface area contributed by atoms with Crippen LogP contribution in [0.4, 0.5) is 13.2 Å². The number of alkyl halides is 3. The smallest absolute Gasteiger partial charge is 0.342 e. The number of rotatable bonds is 3. The molecular weight excluding hydrogens is 319 g/mol. The zero-order valence-electron chi connectivity index (χ0n) is 11.9. The summed E-state index contributed by atoms with van der Waals surface area (Å²) in [6, 6.07) is 5.84. The van der Waals surface area contributed by atoms with Crippen LogP contribution in [0.3, 0.4) is 0 Å². The molecule has 0 saturated carbocycles. The quantitative estimate of drug-likeness (QED) is 0.861. The van der Waals surface area contributed by atoms with E-state index in [0.717, 1.165) is 6.20 Å². The van der Waals surface area contributed by atoms with Gasteiger partial charge in [0, 0.05) is 18.6 Å². The topological polar surface area (TPSA) is 38.1 Å². The lowest BCUT2D eigenvalue weighted by Crippen LogP contribution is -2.28. The molecule has 0 unspecified atom stereocenters. The molecule has 0 aliphatic carbocycles. The normalized spacial score (nSPS) is 11.5. The van der Waals surface area contributed by atoms with Gasteiger partial charge in [0.1, 0.15) is 0 Å². The Bertz CT molecular complexity index is 697. The maximum atomic E-state index is 13.4. The van der Waals surface area contributed by atoms with Crippen molar-refractivity contribution in [1.29, 1.82) is 0 Å². The highest BCUT2D eigenvalue weighted by Crippen LogP contribution is 2.34. The molecule has 0 spiro atoms. The van der Waals surface area contributed by atoms with Gasteiger partial charge >= 0.3 is 6.18 Å². The second kappa shape index (κ2) is 6.00. The molecule has 0 atom stereocenters. The molecule has 8 heteroatoms. The highest BCUT2D eigenvalue weighted by atomic mass is 35.5. The maximum absolute atomic E-state index is 13.4. The summed E-state index contributed by atoms with van der Waals surface area (Å²) in [5.74, 6) is -0.733. The van der Waals surface area contributed by atoms with Gasteiger partial charge < -0.3 is 4.90 Å². The Hall–Kier alpha value is -2.02. The van der Waals surface area contributed by atoms with Gasteiger partial charge in [-0.05, 0) is 25.1 Å². The minimum atomic E-state index is -4.72. The SMILES string of the molecule is CCN(C)C(=O)c1cnn(-c2cccc(Cl)c2)c1C(F)(F)F. The van der Waals surface area contributed by atoms with E-state index in [9.17, 15) is 18.0 Å². The van der Waals surface area contributed by atoms with E-state index in [2.05, 4.69) is 5.10 Å². The number of hydrogen-bond acceptors (Lipinski definition) is 2. The average Bonchev–Trinajstić information content (AvgIpc) is 2.90. The van der Waals surface area contributed by atoms with E-state index in [1.165, 1.54) is 30.1 Å². The third-order valence-corrected chi connectivity index (χ3v) is 3.38. The van der Waals surface area contributed by atoms with Gasteiger partial charge in [-0.1, -0.05) is 17.7 Å². The summed E-state index contributed by atoms with van der Waals surface area (Å²) in [7, 11) is 1.43. The molecule has 0 aliphatic heterocycles. The first-order valence-electron chi connectivity index (χ1n) is 6.42. The predicted molar refractivity (Wildman–Crippen MR) is 76.2 cm³/mol. The Kier molecular flexibility index (Phi) is 4.46. The molecule has 1 aromatic carbocycles. The molecule has 2 aromatic rings. The Labute approximate surface area is 130 Å². The molecule has 0 fully saturated rings. The number of carbonyl (C=O) groups excluding carboxylic acids is 1. The number of amides is 1. The molecule has 118 valence electrons. The molecular formula is C14H13ClF3N3O. The Balaban J connectivity index is 2.62. The van der Waals surface area contributed by atoms with E-state index in [1.807, 2.05) is 0 Å². The van der Waals surface area contributed by atoms with Crippen LogP contribution in [-0.2, 0) is 6.18 Å². The van der Waals surface area contributed by atoms with Gasteiger partial charge in [0.2, 0.25) is 0 Å². The molecule has 1 amide bonds. The first kappa shape index (κ1) is 16.4. The molecule has 2 rings (SSSR count). The van der Waals surface area contributed by atoms with Crippen LogP contribution >= 0.6 is 11.6 Å². The Morgan fingerprint density at radius 3 is 2.64 bits per heavy atom. The second-order valence-corrected chi connectivity index (χ2v) is 5.05. The number of hydrogen-bond donors (Lipinski definition) is 0. The first-order valence-corrected chi connectivity index (χ1v) is 6.80. The van der Waals surface area contributed by atoms with Crippen LogP contribution in [0.5, 0.6) is 0 Å². The molecule has 22 heavy (non-hydrogen) atoms. The van der Waals surface area contributed by atoms with Crippen molar-refractivity contribution in [2.24, 2.45) is 0 Å². The minimum Gasteiger partial charge on any atom is -0.342 e. The van der Waals surface area contributed by atoms with Crippen LogP contribution in [0.15, 0.2) is 30.5 Å². The number of aromatic nitrogens is 2. The average molecular weight is 332 g/mol. The molecule has 0 saturated heterocycles. The summed E-state index contributed by atoms with van der Waals surface area (Å²) in [6.07, 6.45) is -3.80. The van der Waals surface area contributed by atoms with Crippen molar-refractivity contribution in [3.05, 3.63) is 46.7 Å². The number of carbonyl (C=O) groups is 1. The fourth-order valence-corrected chi connectivity index (χ4v) is 2.12. The molecule has 0 bridgehead atoms. The summed E-state index contributed by atoms with van der Waals surface area (Å²) in [5.41, 5.74) is -1.46. The van der Waals surface area contributed by atoms with Crippen molar-refractivity contribution in [3.63, 3.8) is 0 Å². The summed E-state index contributed by atoms with van der Waals surface area (Å²) < 4.78 is 40.9. The van der Waals surface area contributed by atoms with Crippen molar-refractivity contribution < 1.29 is 18.0 Å². The zero-order chi connectivity index (χ0) is 16.5. The molecule has 4 nitrogen and oxygen atoms in total. The lowest BCUT2D eigenvalue weighted by molar-refractivity contribution is -0.143. The molecule has 0 radical (unpaired) electrons. The fraction of sp³-hybridized carbons (Fsp3) is 0.286. The summed E-state index contributed by atoms with van der Waals surface area (Å²) >= 11 is 5.81. The van der Waals surface area contributed by atoms with Crippen molar-refractivity contribution >= 4 is 17.5 Å². The standard InChI is InChI=1S/C14H13ClF3N3O/c1-3-20(2)13(22)11-8-19-21(12(11)14(16,17)18)10-6-4-5-9(15)7-10/h4-8H,3H2,1-2H3. The van der Waals surface area contributed by atoms with E-state index in [0.29, 0.717) is 11.2 Å². The molecule has 1 heterocycles. The van der Waals surface area contributed by atoms with Gasteiger partial charge in [-0.3, -0.25) is 4.79 Å². The lowest BCUT2D eigenvalue weighted by Gasteiger charge is -2.16. The Morgan fingerprint density at radius 2 is 2.09 bits per heavy atom. The van der Waals surface area contributed by atoms with Crippen LogP contribution < -0.4 is 0 Å². The monoisotopic (exact) mass is 331 g/mol. The molecule has 0 aliphatic rings. The van der Waals surface area contributed by atoms with Gasteiger partial charge in [-0.15, -0.1) is 0 Å². The first-order chi connectivity index (χ1) is 10.3. The second-order valence-electron chi connectivity index (χ2n) is 4.62. The van der Waals surface area contributed by atoms with Crippen LogP contribution in [0, 0.1) is 0 Å². The maximum Gasteiger partial charge on any atom is 0.434 e. The zero-order valence-corrected chi connectivity index (χ0v) is 12.6. The number of halogens is 4. The molecule has 1 aromatic heterocycles. The minimum absolute atomic E-state index is 0.137. The fourth-order valence-electron chi connectivity index (χ4n) is 1.93. The third-order valence-electron chi connectivity index (χ3n) is 3.14. The van der Waals surface area contributed by atoms with E-state index in [1.54, 1.807) is 13.0 Å². The van der Waals surface area contributed by atoms with Gasteiger partial charge in [0.25, 0.3) is 5.91 Å². The highest BCUT2D eigenvalue weighted by molar-refractivity contribution is 6.30. The van der Waals surface area contributed by atoms with E-state index in [4.69, 9.17) is 11.6 Å². The van der Waals surface area contributed by atoms with Crippen molar-refractivity contribution in [2.75, 3.05) is 13.6 Å². The largest absolute Gasteiger partial charge is 0.434 e. The highest BCUT2D eigenvalue weighted by Gasteiger charge is 2.41. The van der Waals surface area contributed by atoms with E-state index in [-0.39, 0.29) is 10.7 Å². The van der Waals surface area contributed by atoms with Crippen molar-refractivity contribution in [3.8, 4) is 5.69 Å². The molecule has 0 N–H and O–H groups in total. The number of benzene rings is 1.